The first-order valence-corrected chi connectivity index (χ1v) is 9.09. The van der Waals surface area contributed by atoms with Crippen LogP contribution < -0.4 is 18.9 Å². The average Bonchev–Trinajstić information content (AvgIpc) is 3.07. The van der Waals surface area contributed by atoms with Crippen molar-refractivity contribution in [2.24, 2.45) is 0 Å². The molecule has 0 radical (unpaired) electrons. The third-order valence-electron chi connectivity index (χ3n) is 3.69. The molecule has 0 spiro atoms. The summed E-state index contributed by atoms with van der Waals surface area (Å²) >= 11 is 0. The predicted molar refractivity (Wildman–Crippen MR) is 89.3 cm³/mol. The van der Waals surface area contributed by atoms with Crippen LogP contribution in [0.1, 0.15) is 5.56 Å². The molecule has 0 saturated heterocycles. The van der Waals surface area contributed by atoms with E-state index >= 15 is 0 Å². The Bertz CT molecular complexity index is 802. The quantitative estimate of drug-likeness (QED) is 0.774. The first-order chi connectivity index (χ1) is 11.6. The molecular weight excluding hydrogens is 330 g/mol. The Kier molecular flexibility index (Phi) is 4.92. The van der Waals surface area contributed by atoms with E-state index in [9.17, 15) is 8.42 Å². The van der Waals surface area contributed by atoms with E-state index in [1.54, 1.807) is 49.6 Å². The molecule has 6 nitrogen and oxygen atoms in total. The van der Waals surface area contributed by atoms with Crippen LogP contribution in [0.5, 0.6) is 17.2 Å². The Hall–Kier alpha value is -2.25. The number of hydrogen-bond acceptors (Lipinski definition) is 5. The van der Waals surface area contributed by atoms with E-state index in [1.807, 2.05) is 0 Å². The summed E-state index contributed by atoms with van der Waals surface area (Å²) in [6.45, 7) is 1.02. The van der Waals surface area contributed by atoms with Crippen molar-refractivity contribution in [1.29, 1.82) is 0 Å². The first kappa shape index (κ1) is 16.6. The fourth-order valence-electron chi connectivity index (χ4n) is 2.43. The van der Waals surface area contributed by atoms with Gasteiger partial charge in [0, 0.05) is 13.0 Å². The van der Waals surface area contributed by atoms with Gasteiger partial charge in [-0.1, -0.05) is 0 Å². The Morgan fingerprint density at radius 1 is 1.12 bits per heavy atom. The molecule has 1 aliphatic rings. The number of methoxy groups -OCH3 is 1. The Balaban J connectivity index is 1.53. The Morgan fingerprint density at radius 3 is 2.62 bits per heavy atom. The summed E-state index contributed by atoms with van der Waals surface area (Å²) in [7, 11) is -1.96. The molecule has 0 aromatic heterocycles. The van der Waals surface area contributed by atoms with Crippen LogP contribution in [0.3, 0.4) is 0 Å². The van der Waals surface area contributed by atoms with E-state index < -0.39 is 10.0 Å². The topological polar surface area (TPSA) is 73.9 Å². The molecule has 0 amide bonds. The van der Waals surface area contributed by atoms with Crippen LogP contribution in [0.15, 0.2) is 47.4 Å². The van der Waals surface area contributed by atoms with Gasteiger partial charge < -0.3 is 14.2 Å². The average molecular weight is 349 g/mol. The van der Waals surface area contributed by atoms with E-state index in [1.165, 1.54) is 0 Å². The second-order valence-electron chi connectivity index (χ2n) is 5.29. The van der Waals surface area contributed by atoms with Crippen molar-refractivity contribution >= 4 is 10.0 Å². The lowest BCUT2D eigenvalue weighted by Gasteiger charge is -2.10. The number of nitrogens with one attached hydrogen (secondary N) is 1. The molecule has 24 heavy (non-hydrogen) atoms. The first-order valence-electron chi connectivity index (χ1n) is 7.61. The van der Waals surface area contributed by atoms with Crippen molar-refractivity contribution in [2.45, 2.75) is 11.3 Å². The fourth-order valence-corrected chi connectivity index (χ4v) is 3.49. The van der Waals surface area contributed by atoms with Crippen LogP contribution >= 0.6 is 0 Å². The van der Waals surface area contributed by atoms with Crippen LogP contribution in [0.4, 0.5) is 0 Å². The second-order valence-corrected chi connectivity index (χ2v) is 7.06. The number of benzene rings is 2. The van der Waals surface area contributed by atoms with Crippen LogP contribution in [0.25, 0.3) is 0 Å². The molecule has 1 aliphatic heterocycles. The highest BCUT2D eigenvalue weighted by atomic mass is 32.2. The fraction of sp³-hybridized carbons (Fsp3) is 0.294. The number of rotatable bonds is 7. The van der Waals surface area contributed by atoms with E-state index in [0.717, 1.165) is 23.5 Å². The van der Waals surface area contributed by atoms with Crippen LogP contribution in [0, 0.1) is 0 Å². The minimum absolute atomic E-state index is 0.182. The molecular formula is C17H19NO5S. The SMILES string of the molecule is COc1ccc(OCCNS(=O)(=O)c2ccc3c(c2)CCO3)cc1. The lowest BCUT2D eigenvalue weighted by Crippen LogP contribution is -2.28. The van der Waals surface area contributed by atoms with E-state index in [4.69, 9.17) is 14.2 Å². The maximum atomic E-state index is 12.3. The Labute approximate surface area is 141 Å². The molecule has 1 heterocycles. The summed E-state index contributed by atoms with van der Waals surface area (Å²) in [5.41, 5.74) is 0.923. The number of ether oxygens (including phenoxy) is 3. The van der Waals surface area contributed by atoms with Gasteiger partial charge in [-0.05, 0) is 48.0 Å². The van der Waals surface area contributed by atoms with Crippen molar-refractivity contribution in [2.75, 3.05) is 26.9 Å². The monoisotopic (exact) mass is 349 g/mol. The van der Waals surface area contributed by atoms with E-state index in [0.29, 0.717) is 12.4 Å². The van der Waals surface area contributed by atoms with Gasteiger partial charge in [-0.15, -0.1) is 0 Å². The van der Waals surface area contributed by atoms with Gasteiger partial charge in [-0.3, -0.25) is 0 Å². The molecule has 0 atom stereocenters. The Morgan fingerprint density at radius 2 is 1.88 bits per heavy atom. The number of hydrogen-bond donors (Lipinski definition) is 1. The maximum absolute atomic E-state index is 12.3. The molecule has 2 aromatic rings. The molecule has 0 saturated carbocycles. The van der Waals surface area contributed by atoms with Gasteiger partial charge in [0.1, 0.15) is 23.9 Å². The molecule has 1 N–H and O–H groups in total. The molecule has 0 bridgehead atoms. The lowest BCUT2D eigenvalue weighted by atomic mass is 10.2. The van der Waals surface area contributed by atoms with Gasteiger partial charge in [-0.25, -0.2) is 13.1 Å². The maximum Gasteiger partial charge on any atom is 0.240 e. The van der Waals surface area contributed by atoms with Crippen molar-refractivity contribution in [3.05, 3.63) is 48.0 Å². The molecule has 2 aromatic carbocycles. The van der Waals surface area contributed by atoms with Gasteiger partial charge in [0.25, 0.3) is 0 Å². The van der Waals surface area contributed by atoms with Crippen LogP contribution in [0.2, 0.25) is 0 Å². The van der Waals surface area contributed by atoms with Gasteiger partial charge in [0.15, 0.2) is 0 Å². The van der Waals surface area contributed by atoms with Crippen LogP contribution in [-0.4, -0.2) is 35.3 Å². The summed E-state index contributed by atoms with van der Waals surface area (Å²) in [5, 5.41) is 0. The molecule has 128 valence electrons. The van der Waals surface area contributed by atoms with Gasteiger partial charge >= 0.3 is 0 Å². The van der Waals surface area contributed by atoms with Crippen molar-refractivity contribution in [3.8, 4) is 17.2 Å². The number of sulfonamides is 1. The zero-order chi connectivity index (χ0) is 17.0. The summed E-state index contributed by atoms with van der Waals surface area (Å²) in [4.78, 5) is 0.246. The van der Waals surface area contributed by atoms with Gasteiger partial charge in [0.05, 0.1) is 18.6 Å². The standard InChI is InChI=1S/C17H19NO5S/c1-21-14-2-4-15(5-3-14)22-11-9-18-24(19,20)16-6-7-17-13(12-16)8-10-23-17/h2-7,12,18H,8-11H2,1H3. The minimum atomic E-state index is -3.55. The van der Waals surface area contributed by atoms with Crippen molar-refractivity contribution in [3.63, 3.8) is 0 Å². The van der Waals surface area contributed by atoms with Crippen LogP contribution in [-0.2, 0) is 16.4 Å². The molecule has 7 heteroatoms. The molecule has 0 aliphatic carbocycles. The van der Waals surface area contributed by atoms with E-state index in [-0.39, 0.29) is 18.0 Å². The van der Waals surface area contributed by atoms with E-state index in [2.05, 4.69) is 4.72 Å². The smallest absolute Gasteiger partial charge is 0.240 e. The summed E-state index contributed by atoms with van der Waals surface area (Å²) in [6, 6.07) is 12.0. The predicted octanol–water partition coefficient (Wildman–Crippen LogP) is 1.99. The molecule has 3 rings (SSSR count). The van der Waals surface area contributed by atoms with Crippen molar-refractivity contribution in [1.82, 2.24) is 4.72 Å². The van der Waals surface area contributed by atoms with Gasteiger partial charge in [-0.2, -0.15) is 0 Å². The van der Waals surface area contributed by atoms with Gasteiger partial charge in [0.2, 0.25) is 10.0 Å². The summed E-state index contributed by atoms with van der Waals surface area (Å²) in [5.74, 6) is 2.16. The summed E-state index contributed by atoms with van der Waals surface area (Å²) in [6.07, 6.45) is 0.735. The highest BCUT2D eigenvalue weighted by Gasteiger charge is 2.18. The van der Waals surface area contributed by atoms with Crippen molar-refractivity contribution < 1.29 is 22.6 Å². The third-order valence-corrected chi connectivity index (χ3v) is 5.15. The molecule has 0 unspecified atom stereocenters. The number of fused-ring (bicyclic) bond motifs is 1. The lowest BCUT2D eigenvalue weighted by molar-refractivity contribution is 0.322. The zero-order valence-corrected chi connectivity index (χ0v) is 14.1. The zero-order valence-electron chi connectivity index (χ0n) is 13.3. The largest absolute Gasteiger partial charge is 0.497 e. The minimum Gasteiger partial charge on any atom is -0.497 e. The molecule has 0 fully saturated rings. The summed E-state index contributed by atoms with van der Waals surface area (Å²) < 4.78 is 43.1. The highest BCUT2D eigenvalue weighted by Crippen LogP contribution is 2.27. The second kappa shape index (κ2) is 7.11. The highest BCUT2D eigenvalue weighted by molar-refractivity contribution is 7.89. The third kappa shape index (κ3) is 3.80. The normalized spacial score (nSPS) is 13.2.